The van der Waals surface area contributed by atoms with Gasteiger partial charge >= 0.3 is 5.97 Å². The number of carboxylic acid groups (broad SMARTS) is 1. The maximum Gasteiger partial charge on any atom is 0.338 e. The molecule has 0 radical (unpaired) electrons. The van der Waals surface area contributed by atoms with E-state index in [4.69, 9.17) is 23.6 Å². The van der Waals surface area contributed by atoms with E-state index < -0.39 is 26.2 Å². The minimum Gasteiger partial charge on any atom is -0.496 e. The minimum absolute atomic E-state index is 0.0481. The van der Waals surface area contributed by atoms with Gasteiger partial charge in [0, 0.05) is 37.3 Å². The van der Waals surface area contributed by atoms with E-state index in [0.29, 0.717) is 27.6 Å². The summed E-state index contributed by atoms with van der Waals surface area (Å²) in [6.45, 7) is 12.5. The molecule has 0 spiro atoms. The summed E-state index contributed by atoms with van der Waals surface area (Å²) in [7, 11) is 4.32. The van der Waals surface area contributed by atoms with E-state index >= 15 is 0 Å². The zero-order chi connectivity index (χ0) is 32.6. The molecule has 0 aliphatic heterocycles. The van der Waals surface area contributed by atoms with Gasteiger partial charge in [0.25, 0.3) is 0 Å². The molecule has 44 heavy (non-hydrogen) atoms. The van der Waals surface area contributed by atoms with Gasteiger partial charge in [-0.1, -0.05) is 33.6 Å². The van der Waals surface area contributed by atoms with Gasteiger partial charge in [0.05, 0.1) is 41.1 Å². The summed E-state index contributed by atoms with van der Waals surface area (Å²) < 4.78 is 26.0. The number of hydrogen-bond donors (Lipinski definition) is 2. The van der Waals surface area contributed by atoms with E-state index in [-0.39, 0.29) is 23.1 Å². The first kappa shape index (κ1) is 34.2. The largest absolute Gasteiger partial charge is 0.496 e. The van der Waals surface area contributed by atoms with Crippen molar-refractivity contribution in [3.05, 3.63) is 46.0 Å². The Morgan fingerprint density at radius 1 is 1.09 bits per heavy atom. The van der Waals surface area contributed by atoms with Crippen molar-refractivity contribution < 1.29 is 33.6 Å². The first-order chi connectivity index (χ1) is 20.5. The number of hydrogen-bond acceptors (Lipinski definition) is 9. The van der Waals surface area contributed by atoms with E-state index in [1.807, 2.05) is 32.0 Å². The van der Waals surface area contributed by atoms with Crippen LogP contribution in [0.3, 0.4) is 0 Å². The Morgan fingerprint density at radius 2 is 1.68 bits per heavy atom. The van der Waals surface area contributed by atoms with Crippen LogP contribution in [0.4, 0.5) is 5.69 Å². The van der Waals surface area contributed by atoms with Crippen molar-refractivity contribution in [2.24, 2.45) is 0 Å². The number of anilines is 1. The third-order valence-corrected chi connectivity index (χ3v) is 14.6. The van der Waals surface area contributed by atoms with Crippen LogP contribution < -0.4 is 14.4 Å². The quantitative estimate of drug-likeness (QED) is 0.157. The van der Waals surface area contributed by atoms with Crippen LogP contribution in [0.15, 0.2) is 24.3 Å². The second-order valence-electron chi connectivity index (χ2n) is 13.4. The lowest BCUT2D eigenvalue weighted by atomic mass is 9.95. The van der Waals surface area contributed by atoms with Crippen LogP contribution >= 0.6 is 11.3 Å². The smallest absolute Gasteiger partial charge is 0.338 e. The van der Waals surface area contributed by atoms with Gasteiger partial charge in [0.1, 0.15) is 17.6 Å². The van der Waals surface area contributed by atoms with E-state index in [2.05, 4.69) is 33.9 Å². The lowest BCUT2D eigenvalue weighted by molar-refractivity contribution is -0.247. The third-order valence-electron chi connectivity index (χ3n) is 9.11. The maximum atomic E-state index is 13.0. The molecular weight excluding hydrogens is 597 g/mol. The van der Waals surface area contributed by atoms with Crippen molar-refractivity contribution in [3.8, 4) is 11.5 Å². The summed E-state index contributed by atoms with van der Waals surface area (Å²) in [5, 5.41) is 23.4. The molecule has 0 amide bonds. The van der Waals surface area contributed by atoms with Crippen LogP contribution in [0, 0.1) is 6.92 Å². The minimum atomic E-state index is -2.62. The Hall–Kier alpha value is -2.70. The Kier molecular flexibility index (Phi) is 10.1. The van der Waals surface area contributed by atoms with Gasteiger partial charge in [-0.2, -0.15) is 0 Å². The average Bonchev–Trinajstić information content (AvgIpc) is 3.60. The molecule has 1 aliphatic carbocycles. The van der Waals surface area contributed by atoms with Gasteiger partial charge < -0.3 is 33.7 Å². The Labute approximate surface area is 266 Å². The number of ether oxygens (including phenoxy) is 3. The number of carbonyl (C=O) groups is 1. The summed E-state index contributed by atoms with van der Waals surface area (Å²) in [6.07, 6.45) is 3.22. The van der Waals surface area contributed by atoms with Crippen molar-refractivity contribution in [2.75, 3.05) is 33.2 Å². The van der Waals surface area contributed by atoms with Crippen molar-refractivity contribution in [2.45, 2.75) is 95.9 Å². The second-order valence-corrected chi connectivity index (χ2v) is 19.3. The van der Waals surface area contributed by atoms with Gasteiger partial charge in [0.2, 0.25) is 5.79 Å². The van der Waals surface area contributed by atoms with Gasteiger partial charge in [-0.15, -0.1) is 11.3 Å². The van der Waals surface area contributed by atoms with Crippen LogP contribution in [0.2, 0.25) is 18.1 Å². The van der Waals surface area contributed by atoms with Gasteiger partial charge in [-0.3, -0.25) is 0 Å². The second kappa shape index (κ2) is 13.0. The predicted molar refractivity (Wildman–Crippen MR) is 178 cm³/mol. The standard InChI is InChI=1S/C33H48N2O7SSi/c1-20-25(39-7)15-21(16-26(20)40-8)33(38,42-44(9,10)32(2,3)4)28(41-23-13-11-12-14-23)19-29-34-30-24(31(36)37)17-22(35(5)6)18-27(30)43-29/h15-18,23,28,38H,11-14,19H2,1-10H3,(H,36,37)/t28-,33+/m0/s1. The summed E-state index contributed by atoms with van der Waals surface area (Å²) in [5.41, 5.74) is 2.64. The van der Waals surface area contributed by atoms with Crippen molar-refractivity contribution in [3.63, 3.8) is 0 Å². The fraction of sp³-hybridized carbons (Fsp3) is 0.576. The number of carboxylic acids is 1. The van der Waals surface area contributed by atoms with Gasteiger partial charge in [0.15, 0.2) is 8.32 Å². The first-order valence-corrected chi connectivity index (χ1v) is 18.9. The van der Waals surface area contributed by atoms with E-state index in [1.165, 1.54) is 11.3 Å². The summed E-state index contributed by atoms with van der Waals surface area (Å²) in [6, 6.07) is 7.20. The van der Waals surface area contributed by atoms with Crippen LogP contribution in [0.5, 0.6) is 11.5 Å². The molecule has 1 heterocycles. The number of thiazole rings is 1. The van der Waals surface area contributed by atoms with Crippen LogP contribution in [-0.2, 0) is 21.4 Å². The lowest BCUT2D eigenvalue weighted by Gasteiger charge is -2.46. The molecule has 1 aromatic heterocycles. The Bertz CT molecular complexity index is 1470. The topological polar surface area (TPSA) is 111 Å². The molecule has 2 N–H and O–H groups in total. The van der Waals surface area contributed by atoms with E-state index in [0.717, 1.165) is 41.6 Å². The van der Waals surface area contributed by atoms with Crippen LogP contribution in [-0.4, -0.2) is 70.0 Å². The number of aromatic carboxylic acids is 1. The molecule has 1 saturated carbocycles. The first-order valence-electron chi connectivity index (χ1n) is 15.2. The normalized spacial score (nSPS) is 16.6. The number of rotatable bonds is 12. The van der Waals surface area contributed by atoms with Gasteiger partial charge in [-0.05, 0) is 62.2 Å². The molecule has 1 fully saturated rings. The monoisotopic (exact) mass is 644 g/mol. The molecule has 11 heteroatoms. The maximum absolute atomic E-state index is 13.0. The molecular formula is C33H48N2O7SSi. The van der Waals surface area contributed by atoms with Crippen LogP contribution in [0.1, 0.15) is 72.9 Å². The molecule has 2 aromatic carbocycles. The van der Waals surface area contributed by atoms with Crippen molar-refractivity contribution in [1.82, 2.24) is 4.98 Å². The highest BCUT2D eigenvalue weighted by Crippen LogP contribution is 2.46. The molecule has 4 rings (SSSR count). The SMILES string of the molecule is COc1cc([C@@](O)(O[Si](C)(C)C(C)(C)C)[C@H](Cc2nc3c(C(=O)O)cc(N(C)C)cc3s2)OC2CCCC2)cc(OC)c1C. The number of nitrogens with zero attached hydrogens (tertiary/aromatic N) is 2. The highest BCUT2D eigenvalue weighted by atomic mass is 32.1. The average molecular weight is 645 g/mol. The highest BCUT2D eigenvalue weighted by molar-refractivity contribution is 7.18. The van der Waals surface area contributed by atoms with Gasteiger partial charge in [-0.25, -0.2) is 9.78 Å². The predicted octanol–water partition coefficient (Wildman–Crippen LogP) is 7.12. The zero-order valence-corrected chi connectivity index (χ0v) is 29.6. The molecule has 0 saturated heterocycles. The van der Waals surface area contributed by atoms with Crippen molar-refractivity contribution >= 4 is 41.5 Å². The third kappa shape index (κ3) is 6.91. The molecule has 3 aromatic rings. The molecule has 242 valence electrons. The summed E-state index contributed by atoms with van der Waals surface area (Å²) in [5.74, 6) is -1.79. The summed E-state index contributed by atoms with van der Waals surface area (Å²) >= 11 is 1.41. The van der Waals surface area contributed by atoms with E-state index in [9.17, 15) is 15.0 Å². The fourth-order valence-corrected chi connectivity index (χ4v) is 7.80. The highest BCUT2D eigenvalue weighted by Gasteiger charge is 2.51. The molecule has 1 aliphatic rings. The molecule has 0 bridgehead atoms. The number of methoxy groups -OCH3 is 2. The summed E-state index contributed by atoms with van der Waals surface area (Å²) in [4.78, 5) is 18.9. The molecule has 0 unspecified atom stereocenters. The molecule has 2 atom stereocenters. The number of aliphatic hydroxyl groups is 1. The zero-order valence-electron chi connectivity index (χ0n) is 27.7. The number of benzene rings is 2. The fourth-order valence-electron chi connectivity index (χ4n) is 5.41. The Morgan fingerprint density at radius 3 is 2.18 bits per heavy atom. The Balaban J connectivity index is 1.92. The number of fused-ring (bicyclic) bond motifs is 1. The van der Waals surface area contributed by atoms with E-state index in [1.54, 1.807) is 32.4 Å². The van der Waals surface area contributed by atoms with Crippen molar-refractivity contribution in [1.29, 1.82) is 0 Å². The lowest BCUT2D eigenvalue weighted by Crippen LogP contribution is -2.55. The van der Waals surface area contributed by atoms with Crippen LogP contribution in [0.25, 0.3) is 10.2 Å². The molecule has 9 nitrogen and oxygen atoms in total. The number of aromatic nitrogens is 1.